The van der Waals surface area contributed by atoms with Crippen LogP contribution in [0.15, 0.2) is 30.6 Å². The first-order valence-corrected chi connectivity index (χ1v) is 7.94. The van der Waals surface area contributed by atoms with Crippen LogP contribution in [0.2, 0.25) is 0 Å². The number of benzene rings is 1. The van der Waals surface area contributed by atoms with Crippen molar-refractivity contribution in [3.8, 4) is 11.5 Å². The van der Waals surface area contributed by atoms with Gasteiger partial charge in [0.1, 0.15) is 6.10 Å². The number of imidazole rings is 1. The van der Waals surface area contributed by atoms with Crippen molar-refractivity contribution in [3.05, 3.63) is 42.0 Å². The molecule has 0 bridgehead atoms. The number of aromatic amines is 1. The Labute approximate surface area is 145 Å². The van der Waals surface area contributed by atoms with E-state index < -0.39 is 12.1 Å². The Morgan fingerprint density at radius 3 is 2.84 bits per heavy atom. The quantitative estimate of drug-likeness (QED) is 0.838. The van der Waals surface area contributed by atoms with Gasteiger partial charge in [0.15, 0.2) is 17.3 Å². The second-order valence-electron chi connectivity index (χ2n) is 5.59. The molecule has 2 aromatic rings. The molecule has 1 saturated heterocycles. The van der Waals surface area contributed by atoms with Crippen LogP contribution >= 0.6 is 0 Å². The number of ether oxygens (including phenoxy) is 3. The summed E-state index contributed by atoms with van der Waals surface area (Å²) in [5.41, 5.74) is 0.788. The summed E-state index contributed by atoms with van der Waals surface area (Å²) in [6.45, 7) is 0.539. The lowest BCUT2D eigenvalue weighted by atomic mass is 9.97. The number of carbonyl (C=O) groups excluding carboxylic acids is 1. The lowest BCUT2D eigenvalue weighted by Crippen LogP contribution is -2.49. The monoisotopic (exact) mass is 347 g/mol. The topological polar surface area (TPSA) is 96.9 Å². The van der Waals surface area contributed by atoms with Gasteiger partial charge in [-0.25, -0.2) is 4.98 Å². The third kappa shape index (κ3) is 3.31. The number of hydrogen-bond donors (Lipinski definition) is 2. The highest BCUT2D eigenvalue weighted by Gasteiger charge is 2.37. The molecule has 8 heteroatoms. The summed E-state index contributed by atoms with van der Waals surface area (Å²) in [5, 5.41) is 9.74. The third-order valence-corrected chi connectivity index (χ3v) is 4.24. The molecule has 0 radical (unpaired) electrons. The van der Waals surface area contributed by atoms with Crippen LogP contribution in [-0.4, -0.2) is 66.0 Å². The maximum atomic E-state index is 12.8. The molecule has 0 spiro atoms. The van der Waals surface area contributed by atoms with Gasteiger partial charge in [-0.15, -0.1) is 0 Å². The number of aliphatic hydroxyl groups is 1. The van der Waals surface area contributed by atoms with Crippen molar-refractivity contribution < 1.29 is 24.1 Å². The van der Waals surface area contributed by atoms with Gasteiger partial charge in [0.05, 0.1) is 33.5 Å². The number of rotatable bonds is 5. The molecular formula is C17H21N3O5. The van der Waals surface area contributed by atoms with Gasteiger partial charge in [0, 0.05) is 18.9 Å². The Bertz CT molecular complexity index is 719. The van der Waals surface area contributed by atoms with E-state index in [1.54, 1.807) is 37.4 Å². The third-order valence-electron chi connectivity index (χ3n) is 4.24. The standard InChI is InChI=1S/C17H21N3O5/c1-23-12-4-3-11(9-13(12)24-2)15-14(10-21)25-8-7-20(15)17(22)16-18-5-6-19-16/h3-6,9,14-15,21H,7-8,10H2,1-2H3,(H,18,19)/t14-,15-/m0/s1. The molecule has 8 nitrogen and oxygen atoms in total. The average molecular weight is 347 g/mol. The van der Waals surface area contributed by atoms with Crippen molar-refractivity contribution in [1.29, 1.82) is 0 Å². The Balaban J connectivity index is 1.99. The van der Waals surface area contributed by atoms with E-state index in [2.05, 4.69) is 9.97 Å². The van der Waals surface area contributed by atoms with Gasteiger partial charge < -0.3 is 29.2 Å². The number of nitrogens with one attached hydrogen (secondary N) is 1. The van der Waals surface area contributed by atoms with Crippen molar-refractivity contribution in [2.75, 3.05) is 34.0 Å². The maximum absolute atomic E-state index is 12.8. The number of carbonyl (C=O) groups is 1. The molecule has 0 unspecified atom stereocenters. The first-order valence-electron chi connectivity index (χ1n) is 7.94. The van der Waals surface area contributed by atoms with Crippen LogP contribution in [0, 0.1) is 0 Å². The highest BCUT2D eigenvalue weighted by molar-refractivity contribution is 5.91. The van der Waals surface area contributed by atoms with E-state index in [1.165, 1.54) is 6.20 Å². The molecule has 1 fully saturated rings. The zero-order valence-corrected chi connectivity index (χ0v) is 14.1. The zero-order chi connectivity index (χ0) is 17.8. The van der Waals surface area contributed by atoms with E-state index in [0.29, 0.717) is 24.7 Å². The maximum Gasteiger partial charge on any atom is 0.290 e. The Morgan fingerprint density at radius 1 is 1.40 bits per heavy atom. The molecule has 0 saturated carbocycles. The van der Waals surface area contributed by atoms with Gasteiger partial charge in [-0.1, -0.05) is 6.07 Å². The minimum Gasteiger partial charge on any atom is -0.493 e. The van der Waals surface area contributed by atoms with E-state index in [4.69, 9.17) is 14.2 Å². The van der Waals surface area contributed by atoms with Crippen LogP contribution in [0.1, 0.15) is 22.2 Å². The summed E-state index contributed by atoms with van der Waals surface area (Å²) in [4.78, 5) is 21.3. The summed E-state index contributed by atoms with van der Waals surface area (Å²) in [6, 6.07) is 4.94. The summed E-state index contributed by atoms with van der Waals surface area (Å²) >= 11 is 0. The fraction of sp³-hybridized carbons (Fsp3) is 0.412. The zero-order valence-electron chi connectivity index (χ0n) is 14.1. The number of aliphatic hydroxyl groups excluding tert-OH is 1. The van der Waals surface area contributed by atoms with Crippen LogP contribution in [0.4, 0.5) is 0 Å². The van der Waals surface area contributed by atoms with Crippen LogP contribution in [0.5, 0.6) is 11.5 Å². The van der Waals surface area contributed by atoms with Gasteiger partial charge in [-0.05, 0) is 17.7 Å². The van der Waals surface area contributed by atoms with Crippen LogP contribution in [0.3, 0.4) is 0 Å². The molecule has 1 aromatic carbocycles. The van der Waals surface area contributed by atoms with Gasteiger partial charge >= 0.3 is 0 Å². The molecule has 1 aliphatic heterocycles. The minimum atomic E-state index is -0.536. The van der Waals surface area contributed by atoms with E-state index in [-0.39, 0.29) is 18.3 Å². The summed E-state index contributed by atoms with van der Waals surface area (Å²) in [6.07, 6.45) is 2.59. The first-order chi connectivity index (χ1) is 12.2. The molecule has 3 rings (SSSR count). The van der Waals surface area contributed by atoms with Crippen molar-refractivity contribution >= 4 is 5.91 Å². The van der Waals surface area contributed by atoms with Gasteiger partial charge in [-0.2, -0.15) is 0 Å². The molecule has 134 valence electrons. The van der Waals surface area contributed by atoms with E-state index in [1.807, 2.05) is 6.07 Å². The van der Waals surface area contributed by atoms with Crippen LogP contribution in [-0.2, 0) is 4.74 Å². The fourth-order valence-corrected chi connectivity index (χ4v) is 3.06. The fourth-order valence-electron chi connectivity index (χ4n) is 3.06. The largest absolute Gasteiger partial charge is 0.493 e. The molecule has 2 atom stereocenters. The van der Waals surface area contributed by atoms with E-state index in [9.17, 15) is 9.90 Å². The smallest absolute Gasteiger partial charge is 0.290 e. The Morgan fingerprint density at radius 2 is 2.20 bits per heavy atom. The number of nitrogens with zero attached hydrogens (tertiary/aromatic N) is 2. The molecule has 1 aliphatic rings. The molecule has 1 aromatic heterocycles. The number of methoxy groups -OCH3 is 2. The van der Waals surface area contributed by atoms with Gasteiger partial charge in [0.2, 0.25) is 0 Å². The average Bonchev–Trinajstić information content (AvgIpc) is 3.20. The Hall–Kier alpha value is -2.58. The summed E-state index contributed by atoms with van der Waals surface area (Å²) in [7, 11) is 3.11. The lowest BCUT2D eigenvalue weighted by Gasteiger charge is -2.40. The first kappa shape index (κ1) is 17.2. The van der Waals surface area contributed by atoms with Crippen molar-refractivity contribution in [2.24, 2.45) is 0 Å². The van der Waals surface area contributed by atoms with Crippen molar-refractivity contribution in [3.63, 3.8) is 0 Å². The number of aromatic nitrogens is 2. The van der Waals surface area contributed by atoms with E-state index >= 15 is 0 Å². The summed E-state index contributed by atoms with van der Waals surface area (Å²) < 4.78 is 16.3. The highest BCUT2D eigenvalue weighted by Crippen LogP contribution is 2.36. The second-order valence-corrected chi connectivity index (χ2v) is 5.59. The minimum absolute atomic E-state index is 0.207. The van der Waals surface area contributed by atoms with Crippen molar-refractivity contribution in [2.45, 2.75) is 12.1 Å². The van der Waals surface area contributed by atoms with Crippen LogP contribution < -0.4 is 9.47 Å². The Kier molecular flexibility index (Phi) is 5.20. The normalized spacial score (nSPS) is 20.4. The van der Waals surface area contributed by atoms with Crippen molar-refractivity contribution in [1.82, 2.24) is 14.9 Å². The molecular weight excluding hydrogens is 326 g/mol. The van der Waals surface area contributed by atoms with Gasteiger partial charge in [0.25, 0.3) is 5.91 Å². The highest BCUT2D eigenvalue weighted by atomic mass is 16.5. The molecule has 0 aliphatic carbocycles. The second kappa shape index (κ2) is 7.54. The molecule has 1 amide bonds. The lowest BCUT2D eigenvalue weighted by molar-refractivity contribution is -0.0814. The predicted octanol–water partition coefficient (Wildman–Crippen LogP) is 1.00. The SMILES string of the molecule is COc1ccc([C@H]2[C@H](CO)OCCN2C(=O)c2ncc[nH]2)cc1OC. The number of morpholine rings is 1. The molecule has 2 N–H and O–H groups in total. The number of amides is 1. The molecule has 25 heavy (non-hydrogen) atoms. The number of hydrogen-bond acceptors (Lipinski definition) is 6. The van der Waals surface area contributed by atoms with Gasteiger partial charge in [-0.3, -0.25) is 4.79 Å². The molecule has 2 heterocycles. The number of H-pyrrole nitrogens is 1. The van der Waals surface area contributed by atoms with E-state index in [0.717, 1.165) is 5.56 Å². The summed E-state index contributed by atoms with van der Waals surface area (Å²) in [5.74, 6) is 1.15. The van der Waals surface area contributed by atoms with Crippen LogP contribution in [0.25, 0.3) is 0 Å². The predicted molar refractivity (Wildman–Crippen MR) is 88.7 cm³/mol.